The predicted octanol–water partition coefficient (Wildman–Crippen LogP) is 5.17. The number of aromatic nitrogens is 1. The number of aliphatic carboxylic acids is 1. The van der Waals surface area contributed by atoms with Crippen LogP contribution in [-0.4, -0.2) is 47.1 Å². The third-order valence-corrected chi connectivity index (χ3v) is 6.07. The number of nitrogens with zero attached hydrogens (tertiary/aromatic N) is 1. The summed E-state index contributed by atoms with van der Waals surface area (Å²) >= 11 is 1.54. The maximum atomic E-state index is 13.2. The molecule has 0 bridgehead atoms. The SMILES string of the molecule is COc1ccncc1/C=C/c1ccc(C(=O)NC(CCSC)C(=O)O)c(-c2ccccc2C)c1. The third-order valence-electron chi connectivity index (χ3n) is 5.42. The molecule has 0 spiro atoms. The van der Waals surface area contributed by atoms with Crippen LogP contribution < -0.4 is 10.1 Å². The Morgan fingerprint density at radius 2 is 1.94 bits per heavy atom. The van der Waals surface area contributed by atoms with E-state index in [-0.39, 0.29) is 0 Å². The van der Waals surface area contributed by atoms with E-state index in [1.807, 2.05) is 61.7 Å². The summed E-state index contributed by atoms with van der Waals surface area (Å²) in [5.74, 6) is -0.0870. The molecule has 34 heavy (non-hydrogen) atoms. The summed E-state index contributed by atoms with van der Waals surface area (Å²) in [5.41, 5.74) is 4.83. The van der Waals surface area contributed by atoms with E-state index in [0.717, 1.165) is 27.8 Å². The number of carbonyl (C=O) groups excluding carboxylic acids is 1. The van der Waals surface area contributed by atoms with Crippen molar-refractivity contribution in [1.82, 2.24) is 10.3 Å². The van der Waals surface area contributed by atoms with Crippen LogP contribution in [0.25, 0.3) is 23.3 Å². The van der Waals surface area contributed by atoms with Gasteiger partial charge in [-0.05, 0) is 71.9 Å². The molecular formula is C27H28N2O4S. The van der Waals surface area contributed by atoms with E-state index in [4.69, 9.17) is 4.74 Å². The average Bonchev–Trinajstić information content (AvgIpc) is 2.85. The number of amides is 1. The van der Waals surface area contributed by atoms with E-state index in [2.05, 4.69) is 10.3 Å². The molecule has 3 rings (SSSR count). The molecule has 1 heterocycles. The van der Waals surface area contributed by atoms with Crippen LogP contribution in [0.5, 0.6) is 5.75 Å². The minimum absolute atomic E-state index is 0.357. The van der Waals surface area contributed by atoms with E-state index < -0.39 is 17.9 Å². The number of rotatable bonds is 10. The van der Waals surface area contributed by atoms with Gasteiger partial charge in [-0.2, -0.15) is 11.8 Å². The fourth-order valence-electron chi connectivity index (χ4n) is 3.58. The highest BCUT2D eigenvalue weighted by Crippen LogP contribution is 2.29. The standard InChI is InChI=1S/C27H28N2O4S/c1-18-6-4-5-7-21(18)23-16-19(8-10-20-17-28-14-12-25(20)33-2)9-11-22(23)26(30)29-24(27(31)32)13-15-34-3/h4-12,14,16-17,24H,13,15H2,1-3H3,(H,29,30)(H,31,32)/b10-8+. The van der Waals surface area contributed by atoms with Crippen LogP contribution in [0.1, 0.15) is 33.5 Å². The second-order valence-corrected chi connectivity index (χ2v) is 8.70. The smallest absolute Gasteiger partial charge is 0.326 e. The van der Waals surface area contributed by atoms with Crippen molar-refractivity contribution in [2.24, 2.45) is 0 Å². The summed E-state index contributed by atoms with van der Waals surface area (Å²) in [4.78, 5) is 29.0. The molecule has 0 radical (unpaired) electrons. The number of ether oxygens (including phenoxy) is 1. The second-order valence-electron chi connectivity index (χ2n) is 7.72. The molecule has 2 aromatic carbocycles. The van der Waals surface area contributed by atoms with Crippen LogP contribution in [0.4, 0.5) is 0 Å². The van der Waals surface area contributed by atoms with Crippen LogP contribution in [0, 0.1) is 6.92 Å². The Balaban J connectivity index is 2.00. The fraction of sp³-hybridized carbons (Fsp3) is 0.222. The Hall–Kier alpha value is -3.58. The number of carbonyl (C=O) groups is 2. The zero-order valence-electron chi connectivity index (χ0n) is 19.4. The van der Waals surface area contributed by atoms with Gasteiger partial charge >= 0.3 is 5.97 Å². The van der Waals surface area contributed by atoms with Crippen molar-refractivity contribution in [3.63, 3.8) is 0 Å². The molecule has 7 heteroatoms. The molecule has 0 aliphatic heterocycles. The number of hydrogen-bond donors (Lipinski definition) is 2. The highest BCUT2D eigenvalue weighted by Gasteiger charge is 2.22. The van der Waals surface area contributed by atoms with E-state index in [1.54, 1.807) is 43.4 Å². The van der Waals surface area contributed by atoms with Gasteiger partial charge in [-0.1, -0.05) is 36.4 Å². The molecule has 0 saturated heterocycles. The lowest BCUT2D eigenvalue weighted by atomic mass is 9.93. The molecule has 0 aliphatic carbocycles. The Labute approximate surface area is 204 Å². The Kier molecular flexibility index (Phi) is 8.87. The number of pyridine rings is 1. The van der Waals surface area contributed by atoms with Crippen LogP contribution >= 0.6 is 11.8 Å². The Bertz CT molecular complexity index is 1190. The van der Waals surface area contributed by atoms with Crippen molar-refractivity contribution in [1.29, 1.82) is 0 Å². The molecule has 2 N–H and O–H groups in total. The number of hydrogen-bond acceptors (Lipinski definition) is 5. The summed E-state index contributed by atoms with van der Waals surface area (Å²) in [6, 6.07) is 14.2. The number of carboxylic acid groups (broad SMARTS) is 1. The molecule has 0 aliphatic rings. The first-order valence-corrected chi connectivity index (χ1v) is 12.2. The minimum Gasteiger partial charge on any atom is -0.496 e. The lowest BCUT2D eigenvalue weighted by molar-refractivity contribution is -0.139. The van der Waals surface area contributed by atoms with E-state index >= 15 is 0 Å². The summed E-state index contributed by atoms with van der Waals surface area (Å²) in [6.07, 6.45) is 9.50. The molecule has 1 aromatic heterocycles. The molecule has 3 aromatic rings. The molecule has 1 amide bonds. The predicted molar refractivity (Wildman–Crippen MR) is 138 cm³/mol. The fourth-order valence-corrected chi connectivity index (χ4v) is 4.05. The number of aryl methyl sites for hydroxylation is 1. The van der Waals surface area contributed by atoms with Gasteiger partial charge in [-0.15, -0.1) is 0 Å². The number of benzene rings is 2. The number of methoxy groups -OCH3 is 1. The molecular weight excluding hydrogens is 448 g/mol. The lowest BCUT2D eigenvalue weighted by Gasteiger charge is -2.17. The first kappa shape index (κ1) is 25.1. The van der Waals surface area contributed by atoms with Crippen LogP contribution in [0.15, 0.2) is 60.9 Å². The molecule has 6 nitrogen and oxygen atoms in total. The molecule has 0 fully saturated rings. The van der Waals surface area contributed by atoms with Gasteiger partial charge in [-0.25, -0.2) is 4.79 Å². The number of nitrogens with one attached hydrogen (secondary N) is 1. The first-order chi connectivity index (χ1) is 16.4. The Morgan fingerprint density at radius 3 is 2.65 bits per heavy atom. The van der Waals surface area contributed by atoms with Crippen LogP contribution in [-0.2, 0) is 4.79 Å². The average molecular weight is 477 g/mol. The summed E-state index contributed by atoms with van der Waals surface area (Å²) in [7, 11) is 1.61. The summed E-state index contributed by atoms with van der Waals surface area (Å²) < 4.78 is 5.38. The van der Waals surface area contributed by atoms with Crippen LogP contribution in [0.3, 0.4) is 0 Å². The zero-order valence-corrected chi connectivity index (χ0v) is 20.3. The van der Waals surface area contributed by atoms with Gasteiger partial charge in [0.05, 0.1) is 7.11 Å². The van der Waals surface area contributed by atoms with Gasteiger partial charge in [0.25, 0.3) is 5.91 Å². The summed E-state index contributed by atoms with van der Waals surface area (Å²) in [5, 5.41) is 12.2. The van der Waals surface area contributed by atoms with Gasteiger partial charge in [-0.3, -0.25) is 9.78 Å². The lowest BCUT2D eigenvalue weighted by Crippen LogP contribution is -2.41. The third kappa shape index (κ3) is 6.26. The largest absolute Gasteiger partial charge is 0.496 e. The first-order valence-electron chi connectivity index (χ1n) is 10.8. The van der Waals surface area contributed by atoms with Gasteiger partial charge in [0.1, 0.15) is 11.8 Å². The number of thioether (sulfide) groups is 1. The molecule has 176 valence electrons. The van der Waals surface area contributed by atoms with Gasteiger partial charge in [0, 0.05) is 23.5 Å². The van der Waals surface area contributed by atoms with Crippen molar-refractivity contribution in [2.75, 3.05) is 19.1 Å². The van der Waals surface area contributed by atoms with Crippen molar-refractivity contribution in [3.05, 3.63) is 83.2 Å². The van der Waals surface area contributed by atoms with Gasteiger partial charge < -0.3 is 15.2 Å². The Morgan fingerprint density at radius 1 is 1.15 bits per heavy atom. The second kappa shape index (κ2) is 12.0. The van der Waals surface area contributed by atoms with Crippen molar-refractivity contribution >= 4 is 35.8 Å². The van der Waals surface area contributed by atoms with Crippen molar-refractivity contribution in [3.8, 4) is 16.9 Å². The van der Waals surface area contributed by atoms with E-state index in [0.29, 0.717) is 23.5 Å². The maximum absolute atomic E-state index is 13.2. The number of carboxylic acids is 1. The maximum Gasteiger partial charge on any atom is 0.326 e. The zero-order chi connectivity index (χ0) is 24.5. The molecule has 0 saturated carbocycles. The highest BCUT2D eigenvalue weighted by molar-refractivity contribution is 7.98. The monoisotopic (exact) mass is 476 g/mol. The van der Waals surface area contributed by atoms with Crippen molar-refractivity contribution in [2.45, 2.75) is 19.4 Å². The normalized spacial score (nSPS) is 11.9. The van der Waals surface area contributed by atoms with E-state index in [9.17, 15) is 14.7 Å². The van der Waals surface area contributed by atoms with Crippen molar-refractivity contribution < 1.29 is 19.4 Å². The van der Waals surface area contributed by atoms with Crippen LogP contribution in [0.2, 0.25) is 0 Å². The molecule has 1 atom stereocenters. The molecule has 1 unspecified atom stereocenters. The topological polar surface area (TPSA) is 88.5 Å². The summed E-state index contributed by atoms with van der Waals surface area (Å²) in [6.45, 7) is 1.98. The van der Waals surface area contributed by atoms with Gasteiger partial charge in [0.15, 0.2) is 0 Å². The van der Waals surface area contributed by atoms with E-state index in [1.165, 1.54) is 0 Å². The van der Waals surface area contributed by atoms with Gasteiger partial charge in [0.2, 0.25) is 0 Å². The minimum atomic E-state index is -1.04. The highest BCUT2D eigenvalue weighted by atomic mass is 32.2. The quantitative estimate of drug-likeness (QED) is 0.420.